The molecule has 8 nitrogen and oxygen atoms in total. The fraction of sp³-hybridized carbons (Fsp3) is 0.571. The summed E-state index contributed by atoms with van der Waals surface area (Å²) in [7, 11) is 3.65. The van der Waals surface area contributed by atoms with Crippen molar-refractivity contribution in [3.8, 4) is 0 Å². The molecule has 0 unspecified atom stereocenters. The number of nitrogens with zero attached hydrogens (tertiary/aromatic N) is 4. The second-order valence-corrected chi connectivity index (χ2v) is 5.96. The maximum absolute atomic E-state index is 12.3. The third kappa shape index (κ3) is 2.87. The molecular weight excluding hydrogens is 284 g/mol. The van der Waals surface area contributed by atoms with E-state index in [1.165, 1.54) is 13.1 Å². The Labute approximate surface area is 128 Å². The summed E-state index contributed by atoms with van der Waals surface area (Å²) >= 11 is 0. The maximum Gasteiger partial charge on any atom is 0.323 e. The van der Waals surface area contributed by atoms with Gasteiger partial charge in [0, 0.05) is 33.2 Å². The molecule has 0 radical (unpaired) electrons. The zero-order valence-corrected chi connectivity index (χ0v) is 12.7. The van der Waals surface area contributed by atoms with E-state index < -0.39 is 0 Å². The number of fused-ring (bicyclic) bond motifs is 1. The van der Waals surface area contributed by atoms with Crippen molar-refractivity contribution in [1.29, 1.82) is 0 Å². The van der Waals surface area contributed by atoms with E-state index in [1.807, 2.05) is 4.90 Å². The van der Waals surface area contributed by atoms with E-state index in [1.54, 1.807) is 6.07 Å². The Morgan fingerprint density at radius 1 is 1.14 bits per heavy atom. The molecule has 3 heterocycles. The minimum Gasteiger partial charge on any atom is -0.354 e. The van der Waals surface area contributed by atoms with Crippen molar-refractivity contribution in [2.75, 3.05) is 45.6 Å². The molecule has 2 aliphatic rings. The highest BCUT2D eigenvalue weighted by atomic mass is 16.2. The minimum absolute atomic E-state index is 0.154. The second kappa shape index (κ2) is 5.88. The lowest BCUT2D eigenvalue weighted by molar-refractivity contribution is 0.0957. The number of likely N-dealkylation sites (tertiary alicyclic amines) is 2. The number of carbonyl (C=O) groups excluding carboxylic acids is 2. The second-order valence-electron chi connectivity index (χ2n) is 5.96. The molecule has 2 N–H and O–H groups in total. The van der Waals surface area contributed by atoms with E-state index in [-0.39, 0.29) is 17.6 Å². The van der Waals surface area contributed by atoms with E-state index in [4.69, 9.17) is 0 Å². The third-order valence-electron chi connectivity index (χ3n) is 4.32. The van der Waals surface area contributed by atoms with Crippen molar-refractivity contribution in [3.63, 3.8) is 0 Å². The molecule has 118 valence electrons. The monoisotopic (exact) mass is 304 g/mol. The van der Waals surface area contributed by atoms with Gasteiger partial charge < -0.3 is 15.1 Å². The van der Waals surface area contributed by atoms with Crippen molar-refractivity contribution in [2.45, 2.75) is 0 Å². The summed E-state index contributed by atoms with van der Waals surface area (Å²) in [5, 5.41) is 12.9. The Bertz CT molecular complexity index is 561. The fourth-order valence-electron chi connectivity index (χ4n) is 3.23. The molecule has 3 amide bonds. The fourth-order valence-corrected chi connectivity index (χ4v) is 3.23. The Morgan fingerprint density at radius 2 is 1.82 bits per heavy atom. The van der Waals surface area contributed by atoms with E-state index in [0.29, 0.717) is 17.7 Å². The van der Waals surface area contributed by atoms with Crippen LogP contribution in [0.2, 0.25) is 0 Å². The van der Waals surface area contributed by atoms with E-state index >= 15 is 0 Å². The van der Waals surface area contributed by atoms with Crippen molar-refractivity contribution in [2.24, 2.45) is 11.8 Å². The molecule has 3 rings (SSSR count). The van der Waals surface area contributed by atoms with Crippen LogP contribution in [0.5, 0.6) is 0 Å². The van der Waals surface area contributed by atoms with Crippen molar-refractivity contribution >= 4 is 17.8 Å². The van der Waals surface area contributed by atoms with Crippen LogP contribution in [0, 0.1) is 11.8 Å². The Hall–Kier alpha value is -2.22. The number of carbonyl (C=O) groups is 2. The first-order chi connectivity index (χ1) is 10.6. The van der Waals surface area contributed by atoms with Gasteiger partial charge in [0.1, 0.15) is 0 Å². The molecule has 1 aromatic heterocycles. The zero-order valence-electron chi connectivity index (χ0n) is 12.7. The van der Waals surface area contributed by atoms with Crippen LogP contribution in [-0.2, 0) is 0 Å². The predicted octanol–water partition coefficient (Wildman–Crippen LogP) is -0.138. The van der Waals surface area contributed by atoms with Crippen molar-refractivity contribution in [3.05, 3.63) is 17.8 Å². The maximum atomic E-state index is 12.3. The molecule has 0 saturated carbocycles. The number of rotatable bonds is 2. The summed E-state index contributed by atoms with van der Waals surface area (Å²) in [6.45, 7) is 3.67. The van der Waals surface area contributed by atoms with Gasteiger partial charge in [0.25, 0.3) is 5.91 Å². The van der Waals surface area contributed by atoms with Gasteiger partial charge in [0.15, 0.2) is 11.5 Å². The van der Waals surface area contributed by atoms with Crippen LogP contribution < -0.4 is 10.6 Å². The summed E-state index contributed by atoms with van der Waals surface area (Å²) in [6.07, 6.45) is 0. The molecule has 2 saturated heterocycles. The molecule has 1 aromatic rings. The molecule has 2 aliphatic heterocycles. The number of aromatic nitrogens is 2. The molecule has 8 heteroatoms. The van der Waals surface area contributed by atoms with Crippen LogP contribution in [-0.4, -0.2) is 72.2 Å². The highest BCUT2D eigenvalue weighted by molar-refractivity contribution is 5.92. The lowest BCUT2D eigenvalue weighted by Crippen LogP contribution is -2.35. The number of hydrogen-bond acceptors (Lipinski definition) is 5. The van der Waals surface area contributed by atoms with Gasteiger partial charge in [-0.25, -0.2) is 4.79 Å². The first-order valence-corrected chi connectivity index (χ1v) is 7.37. The number of anilines is 1. The first-order valence-electron chi connectivity index (χ1n) is 7.37. The van der Waals surface area contributed by atoms with Crippen LogP contribution in [0.25, 0.3) is 0 Å². The quantitative estimate of drug-likeness (QED) is 0.794. The summed E-state index contributed by atoms with van der Waals surface area (Å²) in [5.74, 6) is 1.18. The molecule has 2 fully saturated rings. The minimum atomic E-state index is -0.304. The van der Waals surface area contributed by atoms with Crippen LogP contribution in [0.4, 0.5) is 10.6 Å². The van der Waals surface area contributed by atoms with Crippen LogP contribution >= 0.6 is 0 Å². The van der Waals surface area contributed by atoms with Crippen LogP contribution in [0.3, 0.4) is 0 Å². The Kier molecular flexibility index (Phi) is 3.93. The average Bonchev–Trinajstić information content (AvgIpc) is 3.04. The van der Waals surface area contributed by atoms with Crippen LogP contribution in [0.15, 0.2) is 12.1 Å². The zero-order chi connectivity index (χ0) is 15.7. The Morgan fingerprint density at radius 3 is 2.36 bits per heavy atom. The number of hydrogen-bond donors (Lipinski definition) is 2. The Balaban J connectivity index is 1.57. The van der Waals surface area contributed by atoms with E-state index in [0.717, 1.165) is 26.2 Å². The van der Waals surface area contributed by atoms with E-state index in [2.05, 4.69) is 32.8 Å². The van der Waals surface area contributed by atoms with Gasteiger partial charge in [0.2, 0.25) is 0 Å². The summed E-state index contributed by atoms with van der Waals surface area (Å²) in [4.78, 5) is 27.8. The summed E-state index contributed by atoms with van der Waals surface area (Å²) in [5.41, 5.74) is 0.222. The van der Waals surface area contributed by atoms with Crippen LogP contribution in [0.1, 0.15) is 10.5 Å². The lowest BCUT2D eigenvalue weighted by Gasteiger charge is -2.19. The molecule has 0 aliphatic carbocycles. The summed E-state index contributed by atoms with van der Waals surface area (Å²) in [6, 6.07) is 2.97. The topological polar surface area (TPSA) is 90.5 Å². The van der Waals surface area contributed by atoms with Gasteiger partial charge in [-0.3, -0.25) is 10.1 Å². The molecule has 22 heavy (non-hydrogen) atoms. The number of nitrogens with one attached hydrogen (secondary N) is 2. The van der Waals surface area contributed by atoms with Gasteiger partial charge in [-0.2, -0.15) is 0 Å². The van der Waals surface area contributed by atoms with Gasteiger partial charge >= 0.3 is 6.03 Å². The van der Waals surface area contributed by atoms with E-state index in [9.17, 15) is 9.59 Å². The average molecular weight is 304 g/mol. The highest BCUT2D eigenvalue weighted by Gasteiger charge is 2.40. The molecular formula is C14H20N6O2. The first kappa shape index (κ1) is 14.7. The largest absolute Gasteiger partial charge is 0.354 e. The van der Waals surface area contributed by atoms with Gasteiger partial charge in [-0.15, -0.1) is 10.2 Å². The smallest absolute Gasteiger partial charge is 0.323 e. The summed E-state index contributed by atoms with van der Waals surface area (Å²) < 4.78 is 0. The third-order valence-corrected chi connectivity index (χ3v) is 4.32. The molecule has 0 aromatic carbocycles. The van der Waals surface area contributed by atoms with Gasteiger partial charge in [-0.05, 0) is 31.0 Å². The number of amides is 3. The predicted molar refractivity (Wildman–Crippen MR) is 80.5 cm³/mol. The SMILES string of the molecule is CNC(=O)c1ccc(NC(=O)N2C[C@H]3CN(C)C[C@H]3C2)nn1. The highest BCUT2D eigenvalue weighted by Crippen LogP contribution is 2.30. The van der Waals surface area contributed by atoms with Crippen molar-refractivity contribution in [1.82, 2.24) is 25.3 Å². The molecule has 2 atom stereocenters. The lowest BCUT2D eigenvalue weighted by atomic mass is 10.0. The number of urea groups is 1. The van der Waals surface area contributed by atoms with Crippen molar-refractivity contribution < 1.29 is 9.59 Å². The standard InChI is InChI=1S/C14H20N6O2/c1-15-13(21)11-3-4-12(18-17-11)16-14(22)20-7-9-5-19(2)6-10(9)8-20/h3-4,9-10H,5-8H2,1-2H3,(H,15,21)(H,16,18,22)/t9-,10+. The van der Waals surface area contributed by atoms with Gasteiger partial charge in [0.05, 0.1) is 0 Å². The normalized spacial score (nSPS) is 24.2. The molecule has 0 spiro atoms. The molecule has 0 bridgehead atoms. The van der Waals surface area contributed by atoms with Gasteiger partial charge in [-0.1, -0.05) is 0 Å².